The topological polar surface area (TPSA) is 450 Å². The summed E-state index contributed by atoms with van der Waals surface area (Å²) in [5, 5.41) is 27.8. The van der Waals surface area contributed by atoms with Crippen molar-refractivity contribution in [1.82, 2.24) is 30.5 Å². The predicted octanol–water partition coefficient (Wildman–Crippen LogP) is 7.72. The molecule has 120 heavy (non-hydrogen) atoms. The van der Waals surface area contributed by atoms with Crippen molar-refractivity contribution in [1.29, 1.82) is 0 Å². The van der Waals surface area contributed by atoms with E-state index in [2.05, 4.69) is 65.0 Å². The van der Waals surface area contributed by atoms with Gasteiger partial charge in [-0.15, -0.1) is 0 Å². The molecule has 4 aliphatic heterocycles. The highest BCUT2D eigenvalue weighted by Crippen LogP contribution is 2.54. The largest absolute Gasteiger partial charge is 1.00 e. The van der Waals surface area contributed by atoms with Crippen molar-refractivity contribution in [3.05, 3.63) is 346 Å². The van der Waals surface area contributed by atoms with E-state index in [9.17, 15) is 48.6 Å². The van der Waals surface area contributed by atoms with Gasteiger partial charge in [-0.3, -0.25) is 69.2 Å². The average molecular weight is 1640 g/mol. The van der Waals surface area contributed by atoms with Crippen LogP contribution in [0.1, 0.15) is 75.1 Å². The maximum absolute atomic E-state index is 13.2. The van der Waals surface area contributed by atoms with Crippen molar-refractivity contribution in [2.45, 2.75) is 44.2 Å². The Bertz CT molecular complexity index is 5720. The third kappa shape index (κ3) is 21.6. The SMILES string of the molecule is CC(NC=O)c1ccccc1.CC([NH3+])c1ccccc1.COC12OC(N=C1c1ccccc1)C1C(=O)N(c3ccccc3)C(=O)C12.COc1ocnc1-c1ccccc1.NC(OC=O)c1ccccc1.O=C1c2cnc(-c3ccccc3)c(O)c2C(=O)N1c1ccccc1.O=C=O.O=C=O.O=c1[nH][nH]c(=O)c2c(O)c(-c3ccccc3)ncc12.[Cl-]. The number of halogens is 1. The van der Waals surface area contributed by atoms with Gasteiger partial charge in [0.2, 0.25) is 24.0 Å². The minimum absolute atomic E-state index is 0. The summed E-state index contributed by atoms with van der Waals surface area (Å²) in [7, 11) is 3.05. The monoisotopic (exact) mass is 1640 g/mol. The summed E-state index contributed by atoms with van der Waals surface area (Å²) in [5.41, 5.74) is 17.7. The molecule has 4 aliphatic rings. The zero-order valence-corrected chi connectivity index (χ0v) is 65.3. The number of aromatic hydroxyl groups is 2. The molecule has 7 unspecified atom stereocenters. The lowest BCUT2D eigenvalue weighted by molar-refractivity contribution is -0.420. The van der Waals surface area contributed by atoms with Gasteiger partial charge in [-0.1, -0.05) is 249 Å². The van der Waals surface area contributed by atoms with E-state index in [1.807, 2.05) is 165 Å². The van der Waals surface area contributed by atoms with Crippen LogP contribution in [0.15, 0.2) is 311 Å². The van der Waals surface area contributed by atoms with Crippen LogP contribution in [0.2, 0.25) is 0 Å². The number of H-pyrrole nitrogens is 2. The van der Waals surface area contributed by atoms with Crippen molar-refractivity contribution >= 4 is 76.7 Å². The molecule has 13 aromatic rings. The number of quaternary nitrogens is 1. The first kappa shape index (κ1) is 90.2. The number of benzene rings is 9. The van der Waals surface area contributed by atoms with Crippen LogP contribution in [0.4, 0.5) is 11.4 Å². The molecule has 30 nitrogen and oxygen atoms in total. The summed E-state index contributed by atoms with van der Waals surface area (Å²) in [6.45, 7) is 4.39. The van der Waals surface area contributed by atoms with Gasteiger partial charge in [0.1, 0.15) is 35.0 Å². The molecule has 0 saturated carbocycles. The van der Waals surface area contributed by atoms with E-state index >= 15 is 0 Å². The Balaban J connectivity index is 0.000000177. The lowest BCUT2D eigenvalue weighted by atomic mass is 9.82. The van der Waals surface area contributed by atoms with Crippen LogP contribution in [-0.2, 0) is 52.6 Å². The van der Waals surface area contributed by atoms with Gasteiger partial charge in [0.05, 0.1) is 46.4 Å². The lowest BCUT2D eigenvalue weighted by Gasteiger charge is -2.30. The number of aromatic nitrogens is 5. The summed E-state index contributed by atoms with van der Waals surface area (Å²) < 4.78 is 26.3. The molecule has 2 saturated heterocycles. The molecular weight excluding hydrogens is 1560 g/mol. The van der Waals surface area contributed by atoms with Crippen molar-refractivity contribution < 1.29 is 99.7 Å². The third-order valence-electron chi connectivity index (χ3n) is 18.2. The van der Waals surface area contributed by atoms with Crippen LogP contribution in [-0.4, -0.2) is 116 Å². The number of methoxy groups -OCH3 is 2. The molecule has 2 fully saturated rings. The number of pyridine rings is 2. The van der Waals surface area contributed by atoms with E-state index in [1.54, 1.807) is 110 Å². The minimum Gasteiger partial charge on any atom is -1.00 e. The highest BCUT2D eigenvalue weighted by atomic mass is 35.5. The smallest absolute Gasteiger partial charge is 0.373 e. The third-order valence-corrected chi connectivity index (χ3v) is 18.2. The summed E-state index contributed by atoms with van der Waals surface area (Å²) in [4.78, 5) is 146. The van der Waals surface area contributed by atoms with Gasteiger partial charge in [-0.25, -0.2) is 14.8 Å². The first-order chi connectivity index (χ1) is 57.8. The van der Waals surface area contributed by atoms with Crippen LogP contribution in [0, 0.1) is 11.8 Å². The first-order valence-corrected chi connectivity index (χ1v) is 36.2. The number of rotatable bonds is 15. The molecule has 4 aromatic heterocycles. The van der Waals surface area contributed by atoms with Gasteiger partial charge in [-0.2, -0.15) is 19.2 Å². The van der Waals surface area contributed by atoms with Crippen LogP contribution < -0.4 is 54.8 Å². The Morgan fingerprint density at radius 2 is 0.967 bits per heavy atom. The Labute approximate surface area is 691 Å². The summed E-state index contributed by atoms with van der Waals surface area (Å²) in [6.07, 6.45) is 3.87. The molecule has 5 amide bonds. The van der Waals surface area contributed by atoms with Crippen LogP contribution in [0.25, 0.3) is 44.5 Å². The van der Waals surface area contributed by atoms with Gasteiger partial charge in [-0.05, 0) is 43.7 Å². The molecule has 0 spiro atoms. The normalized spacial score (nSPS) is 15.7. The first-order valence-electron chi connectivity index (χ1n) is 36.2. The number of fused-ring (bicyclic) bond motifs is 7. The van der Waals surface area contributed by atoms with Crippen molar-refractivity contribution in [3.63, 3.8) is 0 Å². The quantitative estimate of drug-likeness (QED) is 0.0293. The number of nitrogens with zero attached hydrogens (tertiary/aromatic N) is 6. The van der Waals surface area contributed by atoms with Gasteiger partial charge in [0.15, 0.2) is 36.0 Å². The molecule has 0 radical (unpaired) electrons. The zero-order valence-electron chi connectivity index (χ0n) is 64.5. The molecule has 7 atom stereocenters. The highest BCUT2D eigenvalue weighted by molar-refractivity contribution is 6.35. The number of oxazole rings is 1. The molecular formula is C89H78ClN11O19. The fraction of sp³-hybridized carbons (Fsp3) is 0.124. The van der Waals surface area contributed by atoms with E-state index in [4.69, 9.17) is 43.5 Å². The number of imide groups is 2. The number of nitrogens with two attached hydrogens (primary N) is 1. The van der Waals surface area contributed by atoms with Crippen LogP contribution in [0.5, 0.6) is 17.4 Å². The lowest BCUT2D eigenvalue weighted by Crippen LogP contribution is -3.00. The Morgan fingerprint density at radius 3 is 1.43 bits per heavy atom. The molecule has 17 rings (SSSR count). The Morgan fingerprint density at radius 1 is 0.542 bits per heavy atom. The fourth-order valence-electron chi connectivity index (χ4n) is 12.7. The maximum Gasteiger partial charge on any atom is 0.373 e. The number of aliphatic imine (C=N–C) groups is 1. The molecule has 0 aliphatic carbocycles. The standard InChI is InChI=1S/C20H16N2O4.C19H12N2O3.C13H9N3O3.C10H9NO2.C9H11NO.C8H9NO2.C8H11N.2CO2.ClH/c1-25-20-15-14(17(26-20)21-16(20)12-8-4-2-5-9-12)18(23)22(19(15)24)13-10-6-3-7-11-13;22-17-15-14(11-20-16(17)12-7-3-1-4-8-12)18(23)21(19(15)24)13-9-5-2-6-10-13;17-11-9-8(12(18)15-16-13(9)19)6-14-10(11)7-4-2-1-3-5-7;1-12-10-9(11-7-13-10)8-5-3-2-4-6-8;1-8(10-7-11)9-5-3-2-4-6-9;9-8(11-6-10)7-4-2-1-3-5-7;1-7(9)8-5-3-2-4-6-8;2*2-1-3;/h2-11,14-15,17H,1H3;1-11,22H;1-6,17H,(H,15,18)(H,16,19);2-7H,1H3;2-8H,1H3,(H,10,11);1-6,8H,9H2;2-7H,9H2,1H3;;;1H. The second-order valence-electron chi connectivity index (χ2n) is 25.5. The maximum atomic E-state index is 13.2. The number of para-hydroxylation sites is 2. The second kappa shape index (κ2) is 44.5. The fourth-order valence-corrected chi connectivity index (χ4v) is 12.7. The molecule has 610 valence electrons. The number of hydrogen-bond donors (Lipinski definition) is 7. The molecule has 8 heterocycles. The zero-order chi connectivity index (χ0) is 85.4. The molecule has 31 heteroatoms. The molecule has 2 bridgehead atoms. The molecule has 9 aromatic carbocycles. The van der Waals surface area contributed by atoms with Gasteiger partial charge in [0.25, 0.3) is 29.4 Å². The predicted molar refractivity (Wildman–Crippen MR) is 433 cm³/mol. The van der Waals surface area contributed by atoms with E-state index in [0.29, 0.717) is 46.7 Å². The molecule has 10 N–H and O–H groups in total. The van der Waals surface area contributed by atoms with Crippen LogP contribution >= 0.6 is 0 Å². The van der Waals surface area contributed by atoms with E-state index in [-0.39, 0.29) is 87.4 Å². The van der Waals surface area contributed by atoms with E-state index < -0.39 is 53.0 Å². The number of nitrogens with one attached hydrogen (secondary N) is 3. The number of ether oxygens (including phenoxy) is 4. The minimum atomic E-state index is -1.33. The van der Waals surface area contributed by atoms with Crippen molar-refractivity contribution in [3.8, 4) is 51.2 Å². The van der Waals surface area contributed by atoms with Crippen LogP contribution in [0.3, 0.4) is 0 Å². The highest BCUT2D eigenvalue weighted by Gasteiger charge is 2.73. The Hall–Kier alpha value is -15.4. The number of anilines is 2. The van der Waals surface area contributed by atoms with Crippen molar-refractivity contribution in [2.75, 3.05) is 24.0 Å². The summed E-state index contributed by atoms with van der Waals surface area (Å²) in [6, 6.07) is 84.6. The number of carbonyl (C=O) groups excluding carboxylic acids is 10. The number of hydrogen-bond acceptors (Lipinski definition) is 24. The number of carbonyl (C=O) groups is 6. The van der Waals surface area contributed by atoms with Gasteiger partial charge < -0.3 is 57.0 Å². The average Bonchev–Trinajstić information content (AvgIpc) is 1.52. The van der Waals surface area contributed by atoms with E-state index in [0.717, 1.165) is 39.3 Å². The summed E-state index contributed by atoms with van der Waals surface area (Å²) in [5.74, 6) is -4.45. The van der Waals surface area contributed by atoms with Gasteiger partial charge >= 0.3 is 18.2 Å². The second-order valence-corrected chi connectivity index (χ2v) is 25.5. The van der Waals surface area contributed by atoms with Gasteiger partial charge in [0, 0.05) is 52.9 Å². The number of aromatic amines is 2. The number of amides is 5. The summed E-state index contributed by atoms with van der Waals surface area (Å²) >= 11 is 0. The van der Waals surface area contributed by atoms with E-state index in [1.165, 1.54) is 36.4 Å². The Kier molecular flexibility index (Phi) is 33.4. The van der Waals surface area contributed by atoms with Crippen molar-refractivity contribution in [2.24, 2.45) is 22.6 Å².